The van der Waals surface area contributed by atoms with Gasteiger partial charge >= 0.3 is 0 Å². The molecule has 0 unspecified atom stereocenters. The van der Waals surface area contributed by atoms with Crippen molar-refractivity contribution in [2.75, 3.05) is 5.32 Å². The van der Waals surface area contributed by atoms with Crippen LogP contribution in [-0.2, 0) is 13.1 Å². The van der Waals surface area contributed by atoms with Gasteiger partial charge in [-0.05, 0) is 42.3 Å². The van der Waals surface area contributed by atoms with E-state index in [1.807, 2.05) is 49.4 Å². The van der Waals surface area contributed by atoms with Gasteiger partial charge in [-0.15, -0.1) is 0 Å². The van der Waals surface area contributed by atoms with Crippen LogP contribution >= 0.6 is 0 Å². The molecular weight excluding hydrogens is 302 g/mol. The number of rotatable bonds is 6. The van der Waals surface area contributed by atoms with E-state index in [1.54, 1.807) is 18.5 Å². The normalized spacial score (nSPS) is 10.4. The fourth-order valence-corrected chi connectivity index (χ4v) is 2.31. The van der Waals surface area contributed by atoms with E-state index in [0.29, 0.717) is 18.8 Å². The van der Waals surface area contributed by atoms with Crippen LogP contribution in [0.25, 0.3) is 0 Å². The number of furan rings is 1. The van der Waals surface area contributed by atoms with Gasteiger partial charge in [-0.3, -0.25) is 4.79 Å². The zero-order valence-corrected chi connectivity index (χ0v) is 13.5. The van der Waals surface area contributed by atoms with E-state index < -0.39 is 0 Å². The Morgan fingerprint density at radius 1 is 1.08 bits per heavy atom. The molecule has 3 rings (SSSR count). The molecule has 0 atom stereocenters. The summed E-state index contributed by atoms with van der Waals surface area (Å²) in [6.07, 6.45) is 3.28. The summed E-state index contributed by atoms with van der Waals surface area (Å²) in [5.74, 6) is 0.658. The number of nitrogens with one attached hydrogen (secondary N) is 2. The topological polar surface area (TPSA) is 67.2 Å². The number of amides is 1. The van der Waals surface area contributed by atoms with E-state index in [0.717, 1.165) is 22.6 Å². The third-order valence-electron chi connectivity index (χ3n) is 3.74. The minimum atomic E-state index is -0.184. The molecule has 0 saturated heterocycles. The SMILES string of the molecule is Cc1ccccc1CNC(=O)c1ccc(NCc2ccco2)cn1. The van der Waals surface area contributed by atoms with Crippen LogP contribution in [0, 0.1) is 6.92 Å². The molecule has 2 N–H and O–H groups in total. The van der Waals surface area contributed by atoms with Gasteiger partial charge in [0.2, 0.25) is 0 Å². The Bertz CT molecular complexity index is 796. The second kappa shape index (κ2) is 7.46. The van der Waals surface area contributed by atoms with Crippen molar-refractivity contribution in [3.05, 3.63) is 83.6 Å². The minimum Gasteiger partial charge on any atom is -0.467 e. The molecule has 1 amide bonds. The molecule has 5 heteroatoms. The number of pyridine rings is 1. The molecule has 0 aliphatic heterocycles. The van der Waals surface area contributed by atoms with E-state index in [9.17, 15) is 4.79 Å². The van der Waals surface area contributed by atoms with E-state index >= 15 is 0 Å². The van der Waals surface area contributed by atoms with Crippen molar-refractivity contribution < 1.29 is 9.21 Å². The van der Waals surface area contributed by atoms with Gasteiger partial charge in [0.25, 0.3) is 5.91 Å². The maximum atomic E-state index is 12.2. The summed E-state index contributed by atoms with van der Waals surface area (Å²) in [6.45, 7) is 3.10. The Morgan fingerprint density at radius 2 is 1.96 bits per heavy atom. The Balaban J connectivity index is 1.54. The Morgan fingerprint density at radius 3 is 2.67 bits per heavy atom. The molecule has 2 heterocycles. The molecule has 0 aliphatic carbocycles. The van der Waals surface area contributed by atoms with Crippen LogP contribution in [0.15, 0.2) is 65.4 Å². The molecule has 0 spiro atoms. The zero-order valence-electron chi connectivity index (χ0n) is 13.5. The summed E-state index contributed by atoms with van der Waals surface area (Å²) in [5, 5.41) is 6.08. The molecule has 0 aliphatic rings. The Kier molecular flexibility index (Phi) is 4.91. The van der Waals surface area contributed by atoms with Crippen molar-refractivity contribution >= 4 is 11.6 Å². The van der Waals surface area contributed by atoms with Crippen molar-refractivity contribution in [3.63, 3.8) is 0 Å². The maximum absolute atomic E-state index is 12.2. The third-order valence-corrected chi connectivity index (χ3v) is 3.74. The Labute approximate surface area is 140 Å². The van der Waals surface area contributed by atoms with Gasteiger partial charge in [0.1, 0.15) is 11.5 Å². The second-order valence-electron chi connectivity index (χ2n) is 5.47. The van der Waals surface area contributed by atoms with Crippen molar-refractivity contribution in [3.8, 4) is 0 Å². The van der Waals surface area contributed by atoms with Crippen molar-refractivity contribution in [1.82, 2.24) is 10.3 Å². The van der Waals surface area contributed by atoms with Gasteiger partial charge in [-0.2, -0.15) is 0 Å². The van der Waals surface area contributed by atoms with E-state index in [-0.39, 0.29) is 5.91 Å². The summed E-state index contributed by atoms with van der Waals surface area (Å²) in [4.78, 5) is 16.4. The number of hydrogen-bond donors (Lipinski definition) is 2. The van der Waals surface area contributed by atoms with Gasteiger partial charge in [-0.1, -0.05) is 24.3 Å². The monoisotopic (exact) mass is 321 g/mol. The van der Waals surface area contributed by atoms with Crippen LogP contribution in [0.2, 0.25) is 0 Å². The number of nitrogens with zero attached hydrogens (tertiary/aromatic N) is 1. The molecule has 1 aromatic carbocycles. The van der Waals surface area contributed by atoms with Crippen molar-refractivity contribution in [2.24, 2.45) is 0 Å². The molecule has 0 fully saturated rings. The number of carbonyl (C=O) groups is 1. The highest BCUT2D eigenvalue weighted by Gasteiger charge is 2.07. The lowest BCUT2D eigenvalue weighted by atomic mass is 10.1. The summed E-state index contributed by atoms with van der Waals surface area (Å²) in [6, 6.07) is 15.3. The molecule has 0 saturated carbocycles. The summed E-state index contributed by atoms with van der Waals surface area (Å²) in [7, 11) is 0. The lowest BCUT2D eigenvalue weighted by Gasteiger charge is -2.08. The molecule has 5 nitrogen and oxygen atoms in total. The van der Waals surface area contributed by atoms with Crippen LogP contribution in [-0.4, -0.2) is 10.9 Å². The number of aryl methyl sites for hydroxylation is 1. The van der Waals surface area contributed by atoms with E-state index in [2.05, 4.69) is 15.6 Å². The molecule has 0 bridgehead atoms. The predicted octanol–water partition coefficient (Wildman–Crippen LogP) is 3.53. The average Bonchev–Trinajstić information content (AvgIpc) is 3.13. The van der Waals surface area contributed by atoms with Gasteiger partial charge < -0.3 is 15.1 Å². The number of aromatic nitrogens is 1. The fraction of sp³-hybridized carbons (Fsp3) is 0.158. The van der Waals surface area contributed by atoms with Crippen LogP contribution in [0.4, 0.5) is 5.69 Å². The summed E-state index contributed by atoms with van der Waals surface area (Å²) in [5.41, 5.74) is 3.49. The summed E-state index contributed by atoms with van der Waals surface area (Å²) < 4.78 is 5.25. The average molecular weight is 321 g/mol. The molecule has 3 aromatic rings. The Hall–Kier alpha value is -3.08. The van der Waals surface area contributed by atoms with Crippen LogP contribution < -0.4 is 10.6 Å². The van der Waals surface area contributed by atoms with Gasteiger partial charge in [0, 0.05) is 6.54 Å². The van der Waals surface area contributed by atoms with Gasteiger partial charge in [-0.25, -0.2) is 4.98 Å². The standard InChI is InChI=1S/C19H19N3O2/c1-14-5-2-3-6-15(14)11-22-19(23)18-9-8-16(12-21-18)20-13-17-7-4-10-24-17/h2-10,12,20H,11,13H2,1H3,(H,22,23). The van der Waals surface area contributed by atoms with Crippen LogP contribution in [0.3, 0.4) is 0 Å². The highest BCUT2D eigenvalue weighted by atomic mass is 16.3. The molecular formula is C19H19N3O2. The number of benzene rings is 1. The molecule has 2 aromatic heterocycles. The van der Waals surface area contributed by atoms with Crippen molar-refractivity contribution in [2.45, 2.75) is 20.0 Å². The summed E-state index contributed by atoms with van der Waals surface area (Å²) >= 11 is 0. The largest absolute Gasteiger partial charge is 0.467 e. The van der Waals surface area contributed by atoms with Gasteiger partial charge in [0.05, 0.1) is 24.7 Å². The highest BCUT2D eigenvalue weighted by Crippen LogP contribution is 2.10. The lowest BCUT2D eigenvalue weighted by molar-refractivity contribution is 0.0946. The van der Waals surface area contributed by atoms with Crippen molar-refractivity contribution in [1.29, 1.82) is 0 Å². The van der Waals surface area contributed by atoms with Crippen LogP contribution in [0.1, 0.15) is 27.4 Å². The second-order valence-corrected chi connectivity index (χ2v) is 5.47. The van der Waals surface area contributed by atoms with Gasteiger partial charge in [0.15, 0.2) is 0 Å². The quantitative estimate of drug-likeness (QED) is 0.729. The lowest BCUT2D eigenvalue weighted by Crippen LogP contribution is -2.24. The first kappa shape index (κ1) is 15.8. The number of carbonyl (C=O) groups excluding carboxylic acids is 1. The van der Waals surface area contributed by atoms with E-state index in [1.165, 1.54) is 0 Å². The molecule has 122 valence electrons. The molecule has 24 heavy (non-hydrogen) atoms. The molecule has 0 radical (unpaired) electrons. The van der Waals surface area contributed by atoms with E-state index in [4.69, 9.17) is 4.42 Å². The smallest absolute Gasteiger partial charge is 0.270 e. The first-order valence-corrected chi connectivity index (χ1v) is 7.77. The first-order valence-electron chi connectivity index (χ1n) is 7.77. The van der Waals surface area contributed by atoms with Crippen LogP contribution in [0.5, 0.6) is 0 Å². The first-order chi connectivity index (χ1) is 11.7. The fourth-order valence-electron chi connectivity index (χ4n) is 2.31. The third kappa shape index (κ3) is 4.01. The predicted molar refractivity (Wildman–Crippen MR) is 92.6 cm³/mol. The highest BCUT2D eigenvalue weighted by molar-refractivity contribution is 5.92. The maximum Gasteiger partial charge on any atom is 0.270 e. The number of anilines is 1. The number of hydrogen-bond acceptors (Lipinski definition) is 4. The minimum absolute atomic E-state index is 0.184. The zero-order chi connectivity index (χ0) is 16.8.